The van der Waals surface area contributed by atoms with Gasteiger partial charge in [-0.1, -0.05) is 42.5 Å². The number of aromatic amines is 1. The number of rotatable bonds is 5. The van der Waals surface area contributed by atoms with Gasteiger partial charge in [0.1, 0.15) is 6.04 Å². The Labute approximate surface area is 176 Å². The van der Waals surface area contributed by atoms with Crippen LogP contribution in [0.25, 0.3) is 10.9 Å². The van der Waals surface area contributed by atoms with Gasteiger partial charge in [0, 0.05) is 36.6 Å². The standard InChI is InChI=1S/C25H27N3O2/c29-17-27-23(15-19-16-26-22-8-4-2-6-20(19)22)24(30)28-13-11-25(12-14-28)10-9-18-5-1-3-7-21(18)25/h1-8,16-17,23,26H,9-15H2,(H,27,29)/t23-/m1/s1. The molecule has 1 fully saturated rings. The molecule has 5 heteroatoms. The number of nitrogens with zero attached hydrogens (tertiary/aromatic N) is 1. The molecule has 1 spiro atoms. The smallest absolute Gasteiger partial charge is 0.245 e. The van der Waals surface area contributed by atoms with Gasteiger partial charge in [-0.05, 0) is 53.9 Å². The summed E-state index contributed by atoms with van der Waals surface area (Å²) in [5.74, 6) is 0.0218. The molecule has 2 amide bonds. The van der Waals surface area contributed by atoms with E-state index in [0.717, 1.165) is 48.8 Å². The number of fused-ring (bicyclic) bond motifs is 3. The Hall–Kier alpha value is -3.08. The third-order valence-corrected chi connectivity index (χ3v) is 7.16. The third kappa shape index (κ3) is 3.18. The minimum atomic E-state index is -0.536. The maximum Gasteiger partial charge on any atom is 0.245 e. The van der Waals surface area contributed by atoms with Gasteiger partial charge >= 0.3 is 0 Å². The summed E-state index contributed by atoms with van der Waals surface area (Å²) in [6, 6.07) is 16.3. The molecule has 2 aromatic carbocycles. The number of benzene rings is 2. The SMILES string of the molecule is O=CN[C@H](Cc1c[nH]c2ccccc12)C(=O)N1CCC2(CCc3ccccc32)CC1. The van der Waals surface area contributed by atoms with Crippen molar-refractivity contribution in [3.8, 4) is 0 Å². The van der Waals surface area contributed by atoms with Gasteiger partial charge in [-0.25, -0.2) is 0 Å². The molecule has 1 aromatic heterocycles. The summed E-state index contributed by atoms with van der Waals surface area (Å²) in [6.07, 6.45) is 7.40. The first-order chi connectivity index (χ1) is 14.7. The van der Waals surface area contributed by atoms with E-state index < -0.39 is 6.04 Å². The zero-order valence-electron chi connectivity index (χ0n) is 17.1. The van der Waals surface area contributed by atoms with E-state index in [2.05, 4.69) is 34.6 Å². The van der Waals surface area contributed by atoms with Crippen molar-refractivity contribution in [2.24, 2.45) is 0 Å². The van der Waals surface area contributed by atoms with Gasteiger partial charge in [0.2, 0.25) is 12.3 Å². The van der Waals surface area contributed by atoms with Crippen LogP contribution >= 0.6 is 0 Å². The van der Waals surface area contributed by atoms with Crippen molar-refractivity contribution >= 4 is 23.2 Å². The first kappa shape index (κ1) is 18.9. The molecule has 0 saturated carbocycles. The predicted octanol–water partition coefficient (Wildman–Crippen LogP) is 3.33. The lowest BCUT2D eigenvalue weighted by Crippen LogP contribution is -2.52. The second-order valence-corrected chi connectivity index (χ2v) is 8.66. The number of para-hydroxylation sites is 1. The molecular formula is C25H27N3O2. The van der Waals surface area contributed by atoms with Gasteiger partial charge < -0.3 is 15.2 Å². The Bertz CT molecular complexity index is 1080. The molecular weight excluding hydrogens is 374 g/mol. The van der Waals surface area contributed by atoms with Gasteiger partial charge in [-0.2, -0.15) is 0 Å². The Morgan fingerprint density at radius 3 is 2.70 bits per heavy atom. The Balaban J connectivity index is 1.30. The van der Waals surface area contributed by atoms with E-state index in [1.807, 2.05) is 35.4 Å². The lowest BCUT2D eigenvalue weighted by Gasteiger charge is -2.41. The van der Waals surface area contributed by atoms with E-state index in [-0.39, 0.29) is 11.3 Å². The number of piperidine rings is 1. The van der Waals surface area contributed by atoms with Crippen LogP contribution in [0.4, 0.5) is 0 Å². The van der Waals surface area contributed by atoms with Crippen LogP contribution in [0.1, 0.15) is 36.0 Å². The van der Waals surface area contributed by atoms with Crippen LogP contribution in [-0.2, 0) is 27.8 Å². The summed E-state index contributed by atoms with van der Waals surface area (Å²) in [6.45, 7) is 1.50. The van der Waals surface area contributed by atoms with E-state index in [1.54, 1.807) is 0 Å². The molecule has 1 aliphatic carbocycles. The van der Waals surface area contributed by atoms with Crippen LogP contribution < -0.4 is 5.32 Å². The molecule has 5 rings (SSSR count). The monoisotopic (exact) mass is 401 g/mol. The van der Waals surface area contributed by atoms with Crippen molar-refractivity contribution in [1.29, 1.82) is 0 Å². The van der Waals surface area contributed by atoms with Gasteiger partial charge in [-0.15, -0.1) is 0 Å². The molecule has 0 bridgehead atoms. The Morgan fingerprint density at radius 2 is 1.87 bits per heavy atom. The zero-order valence-corrected chi connectivity index (χ0v) is 17.1. The number of amides is 2. The number of nitrogens with one attached hydrogen (secondary N) is 2. The average molecular weight is 402 g/mol. The summed E-state index contributed by atoms with van der Waals surface area (Å²) in [7, 11) is 0. The lowest BCUT2D eigenvalue weighted by molar-refractivity contribution is -0.136. The van der Waals surface area contributed by atoms with Gasteiger partial charge in [0.05, 0.1) is 0 Å². The highest BCUT2D eigenvalue weighted by molar-refractivity contribution is 5.87. The van der Waals surface area contributed by atoms with Crippen molar-refractivity contribution in [3.63, 3.8) is 0 Å². The summed E-state index contributed by atoms with van der Waals surface area (Å²) >= 11 is 0. The van der Waals surface area contributed by atoms with E-state index in [0.29, 0.717) is 12.8 Å². The summed E-state index contributed by atoms with van der Waals surface area (Å²) in [5.41, 5.74) is 5.27. The van der Waals surface area contributed by atoms with Crippen LogP contribution in [0.15, 0.2) is 54.7 Å². The minimum Gasteiger partial charge on any atom is -0.361 e. The Morgan fingerprint density at radius 1 is 1.10 bits per heavy atom. The normalized spacial score (nSPS) is 18.3. The molecule has 3 aromatic rings. The second-order valence-electron chi connectivity index (χ2n) is 8.66. The lowest BCUT2D eigenvalue weighted by atomic mass is 9.74. The zero-order chi connectivity index (χ0) is 20.6. The van der Waals surface area contributed by atoms with Crippen molar-refractivity contribution in [3.05, 3.63) is 71.4 Å². The van der Waals surface area contributed by atoms with Gasteiger partial charge in [-0.3, -0.25) is 9.59 Å². The van der Waals surface area contributed by atoms with E-state index in [4.69, 9.17) is 0 Å². The molecule has 2 N–H and O–H groups in total. The quantitative estimate of drug-likeness (QED) is 0.644. The van der Waals surface area contributed by atoms with Crippen LogP contribution in [0, 0.1) is 0 Å². The van der Waals surface area contributed by atoms with Crippen molar-refractivity contribution in [2.45, 2.75) is 43.6 Å². The number of carbonyl (C=O) groups excluding carboxylic acids is 2. The number of aromatic nitrogens is 1. The molecule has 30 heavy (non-hydrogen) atoms. The summed E-state index contributed by atoms with van der Waals surface area (Å²) in [4.78, 5) is 29.7. The van der Waals surface area contributed by atoms with Crippen LogP contribution in [-0.4, -0.2) is 41.3 Å². The highest BCUT2D eigenvalue weighted by atomic mass is 16.2. The van der Waals surface area contributed by atoms with Crippen molar-refractivity contribution < 1.29 is 9.59 Å². The van der Waals surface area contributed by atoms with Crippen molar-refractivity contribution in [1.82, 2.24) is 15.2 Å². The maximum atomic E-state index is 13.3. The highest BCUT2D eigenvalue weighted by Crippen LogP contribution is 2.46. The fraction of sp³-hybridized carbons (Fsp3) is 0.360. The minimum absolute atomic E-state index is 0.0218. The van der Waals surface area contributed by atoms with E-state index in [1.165, 1.54) is 17.5 Å². The molecule has 1 aliphatic heterocycles. The first-order valence-corrected chi connectivity index (χ1v) is 10.8. The fourth-order valence-electron chi connectivity index (χ4n) is 5.48. The second kappa shape index (κ2) is 7.63. The molecule has 2 aliphatic rings. The average Bonchev–Trinajstić information content (AvgIpc) is 3.36. The first-order valence-electron chi connectivity index (χ1n) is 10.8. The predicted molar refractivity (Wildman–Crippen MR) is 117 cm³/mol. The highest BCUT2D eigenvalue weighted by Gasteiger charge is 2.42. The van der Waals surface area contributed by atoms with Crippen LogP contribution in [0.2, 0.25) is 0 Å². The molecule has 154 valence electrons. The van der Waals surface area contributed by atoms with E-state index >= 15 is 0 Å². The van der Waals surface area contributed by atoms with Gasteiger partial charge in [0.15, 0.2) is 0 Å². The molecule has 0 radical (unpaired) electrons. The number of hydrogen-bond acceptors (Lipinski definition) is 2. The summed E-state index contributed by atoms with van der Waals surface area (Å²) in [5, 5.41) is 3.87. The number of H-pyrrole nitrogens is 1. The fourth-order valence-corrected chi connectivity index (χ4v) is 5.48. The van der Waals surface area contributed by atoms with Crippen LogP contribution in [0.5, 0.6) is 0 Å². The largest absolute Gasteiger partial charge is 0.361 e. The molecule has 1 saturated heterocycles. The number of carbonyl (C=O) groups is 2. The molecule has 1 atom stereocenters. The number of likely N-dealkylation sites (tertiary alicyclic amines) is 1. The third-order valence-electron chi connectivity index (χ3n) is 7.16. The summed E-state index contributed by atoms with van der Waals surface area (Å²) < 4.78 is 0. The van der Waals surface area contributed by atoms with Crippen molar-refractivity contribution in [2.75, 3.05) is 13.1 Å². The van der Waals surface area contributed by atoms with Gasteiger partial charge in [0.25, 0.3) is 0 Å². The maximum absolute atomic E-state index is 13.3. The number of aryl methyl sites for hydroxylation is 1. The molecule has 2 heterocycles. The number of hydrogen-bond donors (Lipinski definition) is 2. The molecule has 0 unspecified atom stereocenters. The van der Waals surface area contributed by atoms with Crippen LogP contribution in [0.3, 0.4) is 0 Å². The topological polar surface area (TPSA) is 65.2 Å². The van der Waals surface area contributed by atoms with E-state index in [9.17, 15) is 9.59 Å². The Kier molecular flexibility index (Phi) is 4.81. The molecule has 5 nitrogen and oxygen atoms in total.